The van der Waals surface area contributed by atoms with E-state index < -0.39 is 9.84 Å². The molecule has 5 aromatic rings. The first-order chi connectivity index (χ1) is 16.9. The molecule has 0 spiro atoms. The molecule has 1 aliphatic heterocycles. The Hall–Kier alpha value is -3.34. The number of ether oxygens (including phenoxy) is 1. The van der Waals surface area contributed by atoms with Crippen LogP contribution in [0.2, 0.25) is 0 Å². The molecule has 1 N–H and O–H groups in total. The molecule has 5 heterocycles. The number of anilines is 1. The van der Waals surface area contributed by atoms with Crippen molar-refractivity contribution < 1.29 is 13.2 Å². The summed E-state index contributed by atoms with van der Waals surface area (Å²) in [6.07, 6.45) is 4.89. The molecule has 8 nitrogen and oxygen atoms in total. The number of sulfone groups is 1. The Morgan fingerprint density at radius 1 is 1.09 bits per heavy atom. The molecule has 0 radical (unpaired) electrons. The molecule has 1 aliphatic rings. The Kier molecular flexibility index (Phi) is 5.32. The van der Waals surface area contributed by atoms with Crippen molar-refractivity contribution in [1.82, 2.24) is 19.9 Å². The lowest BCUT2D eigenvalue weighted by atomic mass is 10.1. The van der Waals surface area contributed by atoms with Gasteiger partial charge in [0.1, 0.15) is 5.65 Å². The lowest BCUT2D eigenvalue weighted by Crippen LogP contribution is -2.36. The lowest BCUT2D eigenvalue weighted by molar-refractivity contribution is 0.122. The van der Waals surface area contributed by atoms with E-state index in [4.69, 9.17) is 14.7 Å². The van der Waals surface area contributed by atoms with Crippen LogP contribution in [0.25, 0.3) is 43.1 Å². The first-order valence-corrected chi connectivity index (χ1v) is 14.0. The van der Waals surface area contributed by atoms with Crippen molar-refractivity contribution in [3.05, 3.63) is 54.4 Å². The zero-order valence-corrected chi connectivity index (χ0v) is 20.9. The molecular weight excluding hydrogens is 482 g/mol. The Morgan fingerprint density at radius 2 is 1.91 bits per heavy atom. The van der Waals surface area contributed by atoms with Gasteiger partial charge >= 0.3 is 0 Å². The van der Waals surface area contributed by atoms with Crippen molar-refractivity contribution in [2.45, 2.75) is 11.8 Å². The topological polar surface area (TPSA) is 101 Å². The molecule has 1 saturated heterocycles. The number of nitrogens with one attached hydrogen (secondary N) is 1. The van der Waals surface area contributed by atoms with E-state index in [9.17, 15) is 8.42 Å². The summed E-state index contributed by atoms with van der Waals surface area (Å²) in [6, 6.07) is 11.1. The van der Waals surface area contributed by atoms with Gasteiger partial charge in [-0.25, -0.2) is 23.4 Å². The number of aromatic amines is 1. The van der Waals surface area contributed by atoms with Crippen LogP contribution in [-0.2, 0) is 14.6 Å². The third-order valence-electron chi connectivity index (χ3n) is 6.24. The van der Waals surface area contributed by atoms with Gasteiger partial charge in [-0.15, -0.1) is 11.3 Å². The van der Waals surface area contributed by atoms with Gasteiger partial charge in [0.15, 0.2) is 21.5 Å². The minimum absolute atomic E-state index is 0.304. The zero-order valence-electron chi connectivity index (χ0n) is 19.3. The fourth-order valence-corrected chi connectivity index (χ4v) is 6.32. The number of rotatable bonds is 4. The maximum Gasteiger partial charge on any atom is 0.175 e. The highest BCUT2D eigenvalue weighted by Gasteiger charge is 2.23. The number of aromatic nitrogens is 4. The maximum atomic E-state index is 12.2. The summed E-state index contributed by atoms with van der Waals surface area (Å²) in [7, 11) is -3.31. The highest BCUT2D eigenvalue weighted by molar-refractivity contribution is 7.90. The second-order valence-corrected chi connectivity index (χ2v) is 11.7. The normalized spacial score (nSPS) is 14.7. The summed E-state index contributed by atoms with van der Waals surface area (Å²) in [4.78, 5) is 21.2. The third-order valence-corrected chi connectivity index (χ3v) is 8.68. The fraction of sp³-hybridized carbons (Fsp3) is 0.240. The van der Waals surface area contributed by atoms with Gasteiger partial charge in [0.25, 0.3) is 0 Å². The maximum absolute atomic E-state index is 12.2. The van der Waals surface area contributed by atoms with Crippen LogP contribution < -0.4 is 4.90 Å². The zero-order chi connectivity index (χ0) is 24.2. The molecule has 0 bridgehead atoms. The second-order valence-electron chi connectivity index (χ2n) is 8.64. The highest BCUT2D eigenvalue weighted by atomic mass is 32.2. The van der Waals surface area contributed by atoms with Crippen molar-refractivity contribution in [1.29, 1.82) is 0 Å². The summed E-state index contributed by atoms with van der Waals surface area (Å²) in [5, 5.41) is 0.999. The van der Waals surface area contributed by atoms with Crippen molar-refractivity contribution in [3.8, 4) is 21.8 Å². The number of pyridine rings is 1. The Bertz CT molecular complexity index is 1680. The summed E-state index contributed by atoms with van der Waals surface area (Å²) in [5.74, 6) is 1.49. The van der Waals surface area contributed by atoms with E-state index in [-0.39, 0.29) is 0 Å². The molecule has 10 heteroatoms. The van der Waals surface area contributed by atoms with Crippen LogP contribution in [0.4, 0.5) is 5.82 Å². The average Bonchev–Trinajstić information content (AvgIpc) is 3.47. The van der Waals surface area contributed by atoms with Crippen LogP contribution in [0.3, 0.4) is 0 Å². The van der Waals surface area contributed by atoms with Crippen molar-refractivity contribution >= 4 is 48.2 Å². The number of hydrogen-bond donors (Lipinski definition) is 1. The molecule has 0 unspecified atom stereocenters. The molecule has 1 fully saturated rings. The van der Waals surface area contributed by atoms with Crippen LogP contribution in [0, 0.1) is 6.92 Å². The van der Waals surface area contributed by atoms with Gasteiger partial charge in [0.2, 0.25) is 0 Å². The third kappa shape index (κ3) is 3.97. The van der Waals surface area contributed by atoms with Gasteiger partial charge < -0.3 is 14.6 Å². The summed E-state index contributed by atoms with van der Waals surface area (Å²) < 4.78 is 30.9. The van der Waals surface area contributed by atoms with Crippen LogP contribution >= 0.6 is 11.3 Å². The monoisotopic (exact) mass is 505 g/mol. The van der Waals surface area contributed by atoms with Gasteiger partial charge in [0.05, 0.1) is 28.3 Å². The summed E-state index contributed by atoms with van der Waals surface area (Å²) in [6.45, 7) is 4.82. The van der Waals surface area contributed by atoms with Gasteiger partial charge in [0, 0.05) is 47.6 Å². The van der Waals surface area contributed by atoms with E-state index in [1.54, 1.807) is 35.7 Å². The van der Waals surface area contributed by atoms with E-state index in [1.807, 2.05) is 31.3 Å². The largest absolute Gasteiger partial charge is 0.378 e. The number of benzene rings is 1. The van der Waals surface area contributed by atoms with E-state index >= 15 is 0 Å². The fourth-order valence-electron chi connectivity index (χ4n) is 4.40. The van der Waals surface area contributed by atoms with Crippen LogP contribution in [0.15, 0.2) is 53.7 Å². The molecule has 0 saturated carbocycles. The molecule has 4 aromatic heterocycles. The number of nitrogens with zero attached hydrogens (tertiary/aromatic N) is 4. The quantitative estimate of drug-likeness (QED) is 0.385. The molecule has 0 aliphatic carbocycles. The number of fused-ring (bicyclic) bond motifs is 2. The molecule has 1 aromatic carbocycles. The second kappa shape index (κ2) is 8.40. The standard InChI is InChI=1S/C25H23N5O3S2/c1-15-20-22(34-21(15)16-4-3-5-19(13-16)35(2,31)32)25(30-8-10-33-11-9-30)29-24(28-20)18-12-17-6-7-26-23(17)27-14-18/h3-7,12-14H,8-11H2,1-2H3,(H,26,27). The molecule has 0 amide bonds. The Balaban J connectivity index is 1.57. The van der Waals surface area contributed by atoms with Crippen LogP contribution in [-0.4, -0.2) is 60.9 Å². The Labute approximate surface area is 206 Å². The number of hydrogen-bond acceptors (Lipinski definition) is 8. The molecule has 35 heavy (non-hydrogen) atoms. The molecule has 0 atom stereocenters. The average molecular weight is 506 g/mol. The number of H-pyrrole nitrogens is 1. The van der Waals surface area contributed by atoms with Crippen LogP contribution in [0.1, 0.15) is 5.56 Å². The summed E-state index contributed by atoms with van der Waals surface area (Å²) >= 11 is 1.60. The number of aryl methyl sites for hydroxylation is 1. The van der Waals surface area contributed by atoms with Gasteiger partial charge in [-0.3, -0.25) is 0 Å². The minimum Gasteiger partial charge on any atom is -0.378 e. The molecule has 6 rings (SSSR count). The number of morpholine rings is 1. The van der Waals surface area contributed by atoms with E-state index in [2.05, 4.69) is 14.9 Å². The lowest BCUT2D eigenvalue weighted by Gasteiger charge is -2.28. The first kappa shape index (κ1) is 22.1. The first-order valence-electron chi connectivity index (χ1n) is 11.3. The minimum atomic E-state index is -3.31. The van der Waals surface area contributed by atoms with Gasteiger partial charge in [-0.1, -0.05) is 12.1 Å². The van der Waals surface area contributed by atoms with Crippen LogP contribution in [0.5, 0.6) is 0 Å². The molecule has 178 valence electrons. The highest BCUT2D eigenvalue weighted by Crippen LogP contribution is 2.42. The van der Waals surface area contributed by atoms with Crippen molar-refractivity contribution in [3.63, 3.8) is 0 Å². The van der Waals surface area contributed by atoms with E-state index in [0.717, 1.165) is 61.7 Å². The summed E-state index contributed by atoms with van der Waals surface area (Å²) in [5.41, 5.74) is 4.40. The van der Waals surface area contributed by atoms with Gasteiger partial charge in [-0.05, 0) is 42.3 Å². The molecular formula is C25H23N5O3S2. The smallest absolute Gasteiger partial charge is 0.175 e. The van der Waals surface area contributed by atoms with E-state index in [0.29, 0.717) is 23.9 Å². The van der Waals surface area contributed by atoms with Crippen molar-refractivity contribution in [2.75, 3.05) is 37.5 Å². The predicted octanol–water partition coefficient (Wildman–Crippen LogP) is 4.45. The van der Waals surface area contributed by atoms with E-state index in [1.165, 1.54) is 6.26 Å². The number of thiophene rings is 1. The van der Waals surface area contributed by atoms with Gasteiger partial charge in [-0.2, -0.15) is 0 Å². The SMILES string of the molecule is Cc1c(-c2cccc(S(C)(=O)=O)c2)sc2c(N3CCOCC3)nc(-c3cnc4[nH]ccc4c3)nc12. The predicted molar refractivity (Wildman–Crippen MR) is 139 cm³/mol. The Morgan fingerprint density at radius 3 is 2.71 bits per heavy atom. The van der Waals surface area contributed by atoms with Crippen molar-refractivity contribution in [2.24, 2.45) is 0 Å².